The molecule has 0 spiro atoms. The molecular weight excluding hydrogens is 288 g/mol. The number of nitriles is 1. The van der Waals surface area contributed by atoms with Gasteiger partial charge in [-0.1, -0.05) is 30.3 Å². The summed E-state index contributed by atoms with van der Waals surface area (Å²) in [6, 6.07) is 18.7. The van der Waals surface area contributed by atoms with Crippen LogP contribution in [-0.4, -0.2) is 23.5 Å². The van der Waals surface area contributed by atoms with Crippen molar-refractivity contribution < 1.29 is 9.53 Å². The highest BCUT2D eigenvalue weighted by atomic mass is 16.5. The maximum atomic E-state index is 12.4. The number of carbonyl (C=O) groups excluding carboxylic acids is 1. The molecule has 23 heavy (non-hydrogen) atoms. The highest BCUT2D eigenvalue weighted by molar-refractivity contribution is 5.78. The van der Waals surface area contributed by atoms with E-state index in [0.29, 0.717) is 17.9 Å². The molecule has 0 saturated carbocycles. The molecular formula is C19H20N2O2. The number of para-hydroxylation sites is 1. The van der Waals surface area contributed by atoms with Crippen LogP contribution in [0.25, 0.3) is 0 Å². The Labute approximate surface area is 136 Å². The van der Waals surface area contributed by atoms with Gasteiger partial charge in [0.15, 0.2) is 6.61 Å². The maximum Gasteiger partial charge on any atom is 0.261 e. The number of nitrogens with zero attached hydrogens (tertiary/aromatic N) is 2. The lowest BCUT2D eigenvalue weighted by molar-refractivity contribution is -0.135. The zero-order chi connectivity index (χ0) is 16.7. The highest BCUT2D eigenvalue weighted by Crippen LogP contribution is 2.12. The SMILES string of the molecule is CC(C)N(Cc1ccc(C#N)cc1)C(=O)COc1ccccc1. The topological polar surface area (TPSA) is 53.3 Å². The third kappa shape index (κ3) is 4.86. The van der Waals surface area contributed by atoms with E-state index in [1.165, 1.54) is 0 Å². The van der Waals surface area contributed by atoms with Crippen molar-refractivity contribution in [2.24, 2.45) is 0 Å². The molecule has 4 nitrogen and oxygen atoms in total. The third-order valence-electron chi connectivity index (χ3n) is 3.49. The molecule has 1 amide bonds. The summed E-state index contributed by atoms with van der Waals surface area (Å²) < 4.78 is 5.54. The first kappa shape index (κ1) is 16.6. The number of rotatable bonds is 6. The molecule has 0 radical (unpaired) electrons. The predicted octanol–water partition coefficient (Wildman–Crippen LogP) is 3.37. The molecule has 0 fully saturated rings. The fourth-order valence-corrected chi connectivity index (χ4v) is 2.18. The lowest BCUT2D eigenvalue weighted by Crippen LogP contribution is -2.39. The average Bonchev–Trinajstić information content (AvgIpc) is 2.58. The molecule has 0 aliphatic carbocycles. The van der Waals surface area contributed by atoms with Crippen LogP contribution in [0.2, 0.25) is 0 Å². The van der Waals surface area contributed by atoms with E-state index < -0.39 is 0 Å². The second-order valence-corrected chi connectivity index (χ2v) is 5.53. The van der Waals surface area contributed by atoms with E-state index in [9.17, 15) is 4.79 Å². The van der Waals surface area contributed by atoms with Gasteiger partial charge in [-0.3, -0.25) is 4.79 Å². The summed E-state index contributed by atoms with van der Waals surface area (Å²) in [5.74, 6) is 0.621. The third-order valence-corrected chi connectivity index (χ3v) is 3.49. The second-order valence-electron chi connectivity index (χ2n) is 5.53. The second kappa shape index (κ2) is 8.00. The summed E-state index contributed by atoms with van der Waals surface area (Å²) >= 11 is 0. The van der Waals surface area contributed by atoms with E-state index >= 15 is 0 Å². The van der Waals surface area contributed by atoms with Crippen LogP contribution >= 0.6 is 0 Å². The van der Waals surface area contributed by atoms with Crippen LogP contribution in [0.5, 0.6) is 5.75 Å². The first-order valence-corrected chi connectivity index (χ1v) is 7.56. The number of hydrogen-bond donors (Lipinski definition) is 0. The number of benzene rings is 2. The van der Waals surface area contributed by atoms with Gasteiger partial charge in [0.2, 0.25) is 0 Å². The van der Waals surface area contributed by atoms with E-state index in [1.807, 2.05) is 56.3 Å². The number of amides is 1. The first-order valence-electron chi connectivity index (χ1n) is 7.56. The van der Waals surface area contributed by atoms with E-state index in [0.717, 1.165) is 5.56 Å². The summed E-state index contributed by atoms with van der Waals surface area (Å²) in [4.78, 5) is 14.2. The Morgan fingerprint density at radius 1 is 1.13 bits per heavy atom. The van der Waals surface area contributed by atoms with E-state index in [1.54, 1.807) is 17.0 Å². The van der Waals surface area contributed by atoms with Crippen molar-refractivity contribution in [1.82, 2.24) is 4.90 Å². The molecule has 4 heteroatoms. The fraction of sp³-hybridized carbons (Fsp3) is 0.263. The fourth-order valence-electron chi connectivity index (χ4n) is 2.18. The van der Waals surface area contributed by atoms with Crippen LogP contribution in [0.4, 0.5) is 0 Å². The lowest BCUT2D eigenvalue weighted by atomic mass is 10.1. The number of hydrogen-bond acceptors (Lipinski definition) is 3. The normalized spacial score (nSPS) is 10.2. The molecule has 0 heterocycles. The molecule has 2 aromatic rings. The van der Waals surface area contributed by atoms with Gasteiger partial charge < -0.3 is 9.64 Å². The molecule has 0 aliphatic heterocycles. The van der Waals surface area contributed by atoms with Gasteiger partial charge in [-0.2, -0.15) is 5.26 Å². The quantitative estimate of drug-likeness (QED) is 0.822. The summed E-state index contributed by atoms with van der Waals surface area (Å²) in [6.07, 6.45) is 0. The Morgan fingerprint density at radius 3 is 2.35 bits per heavy atom. The monoisotopic (exact) mass is 308 g/mol. The minimum Gasteiger partial charge on any atom is -0.484 e. The van der Waals surface area contributed by atoms with E-state index in [-0.39, 0.29) is 18.6 Å². The average molecular weight is 308 g/mol. The standard InChI is InChI=1S/C19H20N2O2/c1-15(2)21(13-17-10-8-16(12-20)9-11-17)19(22)14-23-18-6-4-3-5-7-18/h3-11,15H,13-14H2,1-2H3. The molecule has 2 aromatic carbocycles. The summed E-state index contributed by atoms with van der Waals surface area (Å²) in [6.45, 7) is 4.47. The molecule has 0 aromatic heterocycles. The molecule has 118 valence electrons. The molecule has 0 aliphatic rings. The van der Waals surface area contributed by atoms with Gasteiger partial charge in [0, 0.05) is 12.6 Å². The van der Waals surface area contributed by atoms with Crippen LogP contribution in [0, 0.1) is 11.3 Å². The number of ether oxygens (including phenoxy) is 1. The Morgan fingerprint density at radius 2 is 1.78 bits per heavy atom. The number of carbonyl (C=O) groups is 1. The van der Waals surface area contributed by atoms with Gasteiger partial charge in [0.25, 0.3) is 5.91 Å². The smallest absolute Gasteiger partial charge is 0.261 e. The van der Waals surface area contributed by atoms with Gasteiger partial charge in [-0.15, -0.1) is 0 Å². The van der Waals surface area contributed by atoms with Crippen molar-refractivity contribution in [3.8, 4) is 11.8 Å². The Balaban J connectivity index is 1.99. The minimum absolute atomic E-state index is 0.0124. The van der Waals surface area contributed by atoms with Crippen molar-refractivity contribution in [2.45, 2.75) is 26.4 Å². The maximum absolute atomic E-state index is 12.4. The van der Waals surface area contributed by atoms with Gasteiger partial charge >= 0.3 is 0 Å². The van der Waals surface area contributed by atoms with Crippen LogP contribution in [0.1, 0.15) is 25.0 Å². The minimum atomic E-state index is -0.0618. The molecule has 0 saturated heterocycles. The van der Waals surface area contributed by atoms with Crippen molar-refractivity contribution >= 4 is 5.91 Å². The van der Waals surface area contributed by atoms with Crippen molar-refractivity contribution in [1.29, 1.82) is 5.26 Å². The van der Waals surface area contributed by atoms with Crippen LogP contribution < -0.4 is 4.74 Å². The van der Waals surface area contributed by atoms with Gasteiger partial charge in [-0.05, 0) is 43.7 Å². The molecule has 0 N–H and O–H groups in total. The Hall–Kier alpha value is -2.80. The zero-order valence-electron chi connectivity index (χ0n) is 13.4. The van der Waals surface area contributed by atoms with Crippen LogP contribution in [0.15, 0.2) is 54.6 Å². The lowest BCUT2D eigenvalue weighted by Gasteiger charge is -2.27. The molecule has 0 unspecified atom stereocenters. The highest BCUT2D eigenvalue weighted by Gasteiger charge is 2.18. The van der Waals surface area contributed by atoms with Crippen molar-refractivity contribution in [3.63, 3.8) is 0 Å². The molecule has 0 bridgehead atoms. The van der Waals surface area contributed by atoms with E-state index in [2.05, 4.69) is 6.07 Å². The Bertz CT molecular complexity index is 673. The summed E-state index contributed by atoms with van der Waals surface area (Å²) in [7, 11) is 0. The van der Waals surface area contributed by atoms with Gasteiger partial charge in [0.05, 0.1) is 11.6 Å². The predicted molar refractivity (Wildman–Crippen MR) is 88.8 cm³/mol. The van der Waals surface area contributed by atoms with Crippen LogP contribution in [-0.2, 0) is 11.3 Å². The molecule has 2 rings (SSSR count). The first-order chi connectivity index (χ1) is 11.1. The molecule has 0 atom stereocenters. The van der Waals surface area contributed by atoms with Gasteiger partial charge in [0.1, 0.15) is 5.75 Å². The largest absolute Gasteiger partial charge is 0.484 e. The zero-order valence-corrected chi connectivity index (χ0v) is 13.4. The van der Waals surface area contributed by atoms with Crippen molar-refractivity contribution in [3.05, 3.63) is 65.7 Å². The summed E-state index contributed by atoms with van der Waals surface area (Å²) in [5.41, 5.74) is 1.61. The summed E-state index contributed by atoms with van der Waals surface area (Å²) in [5, 5.41) is 8.83. The Kier molecular flexibility index (Phi) is 5.76. The van der Waals surface area contributed by atoms with E-state index in [4.69, 9.17) is 10.00 Å². The van der Waals surface area contributed by atoms with Crippen LogP contribution in [0.3, 0.4) is 0 Å². The van der Waals surface area contributed by atoms with Gasteiger partial charge in [-0.25, -0.2) is 0 Å². The van der Waals surface area contributed by atoms with Crippen molar-refractivity contribution in [2.75, 3.05) is 6.61 Å².